The maximum Gasteiger partial charge on any atom is 0.159 e. The summed E-state index contributed by atoms with van der Waals surface area (Å²) in [6.45, 7) is 4.79. The molecule has 9 aromatic carbocycles. The summed E-state index contributed by atoms with van der Waals surface area (Å²) in [5, 5.41) is 7.28. The second-order valence-corrected chi connectivity index (χ2v) is 15.3. The van der Waals surface area contributed by atoms with E-state index in [0.717, 1.165) is 56.1 Å². The van der Waals surface area contributed by atoms with Crippen LogP contribution in [-0.4, -0.2) is 0 Å². The van der Waals surface area contributed by atoms with E-state index in [2.05, 4.69) is 212 Å². The van der Waals surface area contributed by atoms with Crippen LogP contribution in [0, 0.1) is 0 Å². The lowest BCUT2D eigenvalue weighted by atomic mass is 9.80. The van der Waals surface area contributed by atoms with Gasteiger partial charge in [-0.15, -0.1) is 0 Å². The van der Waals surface area contributed by atoms with Crippen LogP contribution in [-0.2, 0) is 5.41 Å². The van der Waals surface area contributed by atoms with E-state index in [1.165, 1.54) is 43.8 Å². The van der Waals surface area contributed by atoms with Crippen molar-refractivity contribution >= 4 is 77.6 Å². The molecule has 266 valence electrons. The van der Waals surface area contributed by atoms with Gasteiger partial charge >= 0.3 is 0 Å². The molecule has 0 saturated heterocycles. The average Bonchev–Trinajstić information content (AvgIpc) is 3.73. The third kappa shape index (κ3) is 4.91. The first kappa shape index (κ1) is 32.3. The number of para-hydroxylation sites is 4. The van der Waals surface area contributed by atoms with Gasteiger partial charge in [0.05, 0.1) is 11.4 Å². The van der Waals surface area contributed by atoms with Gasteiger partial charge in [-0.1, -0.05) is 135 Å². The van der Waals surface area contributed by atoms with Gasteiger partial charge in [0.15, 0.2) is 5.58 Å². The highest BCUT2D eigenvalue weighted by atomic mass is 16.3. The molecule has 10 aromatic rings. The fraction of sp³-hybridized carbons (Fsp3) is 0.0566. The summed E-state index contributed by atoms with van der Waals surface area (Å²) >= 11 is 0. The van der Waals surface area contributed by atoms with Crippen LogP contribution in [0.5, 0.6) is 0 Å². The van der Waals surface area contributed by atoms with E-state index < -0.39 is 0 Å². The molecule has 1 aliphatic rings. The maximum absolute atomic E-state index is 6.81. The average molecular weight is 719 g/mol. The molecule has 0 atom stereocenters. The van der Waals surface area contributed by atoms with Crippen LogP contribution in [0.4, 0.5) is 34.1 Å². The van der Waals surface area contributed by atoms with Crippen molar-refractivity contribution in [2.45, 2.75) is 19.3 Å². The number of hydrogen-bond acceptors (Lipinski definition) is 3. The van der Waals surface area contributed by atoms with E-state index in [-0.39, 0.29) is 5.41 Å². The molecule has 1 heterocycles. The van der Waals surface area contributed by atoms with Crippen molar-refractivity contribution < 1.29 is 4.42 Å². The number of benzene rings is 9. The number of nitrogens with zero attached hydrogens (tertiary/aromatic N) is 2. The standard InChI is InChI=1S/C53H38N2O/c1-53(2)47-34-44-36(30-29-35-17-12-13-24-41(35)44)31-45(47)43-26-16-27-48(51(43)53)55(39-22-10-5-11-23-39)40-32-46-42-25-14-15-28-50(42)56-52(46)49(33-40)54(37-18-6-3-7-19-37)38-20-8-4-9-21-38/h3-34H,1-2H3. The summed E-state index contributed by atoms with van der Waals surface area (Å²) in [6.07, 6.45) is 0. The minimum absolute atomic E-state index is 0.283. The molecular formula is C53H38N2O. The van der Waals surface area contributed by atoms with E-state index in [1.807, 2.05) is 6.07 Å². The van der Waals surface area contributed by atoms with E-state index in [4.69, 9.17) is 4.42 Å². The van der Waals surface area contributed by atoms with Gasteiger partial charge in [0, 0.05) is 38.9 Å². The molecule has 0 saturated carbocycles. The molecule has 0 bridgehead atoms. The lowest BCUT2D eigenvalue weighted by Crippen LogP contribution is -2.21. The van der Waals surface area contributed by atoms with Crippen molar-refractivity contribution in [2.75, 3.05) is 9.80 Å². The lowest BCUT2D eigenvalue weighted by molar-refractivity contribution is 0.661. The molecule has 1 aromatic heterocycles. The molecule has 0 radical (unpaired) electrons. The molecule has 3 heteroatoms. The molecule has 3 nitrogen and oxygen atoms in total. The van der Waals surface area contributed by atoms with Crippen molar-refractivity contribution in [2.24, 2.45) is 0 Å². The van der Waals surface area contributed by atoms with Gasteiger partial charge in [-0.3, -0.25) is 0 Å². The summed E-state index contributed by atoms with van der Waals surface area (Å²) in [5.74, 6) is 0. The van der Waals surface area contributed by atoms with Crippen LogP contribution >= 0.6 is 0 Å². The molecular weight excluding hydrogens is 681 g/mol. The Hall–Kier alpha value is -7.10. The molecule has 0 N–H and O–H groups in total. The van der Waals surface area contributed by atoms with Crippen LogP contribution in [0.2, 0.25) is 0 Å². The van der Waals surface area contributed by atoms with Crippen LogP contribution in [0.15, 0.2) is 199 Å². The molecule has 0 spiro atoms. The summed E-state index contributed by atoms with van der Waals surface area (Å²) < 4.78 is 6.81. The Labute approximate surface area is 326 Å². The highest BCUT2D eigenvalue weighted by molar-refractivity contribution is 6.13. The van der Waals surface area contributed by atoms with E-state index in [9.17, 15) is 0 Å². The number of anilines is 6. The van der Waals surface area contributed by atoms with Crippen molar-refractivity contribution in [1.82, 2.24) is 0 Å². The zero-order chi connectivity index (χ0) is 37.4. The third-order valence-electron chi connectivity index (χ3n) is 11.7. The van der Waals surface area contributed by atoms with Gasteiger partial charge in [0.25, 0.3) is 0 Å². The Morgan fingerprint density at radius 1 is 0.393 bits per heavy atom. The maximum atomic E-state index is 6.81. The SMILES string of the molecule is CC1(C)c2cc3c(ccc4ccccc43)cc2-c2cccc(N(c3ccccc3)c3cc(N(c4ccccc4)c4ccccc4)c4oc5ccccc5c4c3)c21. The Morgan fingerprint density at radius 2 is 0.982 bits per heavy atom. The molecule has 56 heavy (non-hydrogen) atoms. The molecule has 11 rings (SSSR count). The number of furan rings is 1. The van der Waals surface area contributed by atoms with Crippen LogP contribution in [0.3, 0.4) is 0 Å². The largest absolute Gasteiger partial charge is 0.454 e. The Morgan fingerprint density at radius 3 is 1.68 bits per heavy atom. The topological polar surface area (TPSA) is 19.6 Å². The van der Waals surface area contributed by atoms with Gasteiger partial charge in [-0.25, -0.2) is 0 Å². The highest BCUT2D eigenvalue weighted by Crippen LogP contribution is 2.56. The summed E-state index contributed by atoms with van der Waals surface area (Å²) in [4.78, 5) is 4.78. The minimum Gasteiger partial charge on any atom is -0.454 e. The second-order valence-electron chi connectivity index (χ2n) is 15.3. The van der Waals surface area contributed by atoms with Gasteiger partial charge in [0.1, 0.15) is 5.58 Å². The van der Waals surface area contributed by atoms with E-state index >= 15 is 0 Å². The first-order chi connectivity index (χ1) is 27.5. The zero-order valence-electron chi connectivity index (χ0n) is 31.3. The quantitative estimate of drug-likeness (QED) is 0.160. The van der Waals surface area contributed by atoms with Gasteiger partial charge in [-0.2, -0.15) is 0 Å². The Balaban J connectivity index is 1.20. The van der Waals surface area contributed by atoms with Crippen LogP contribution < -0.4 is 9.80 Å². The first-order valence-electron chi connectivity index (χ1n) is 19.4. The monoisotopic (exact) mass is 718 g/mol. The molecule has 0 fully saturated rings. The predicted octanol–water partition coefficient (Wildman–Crippen LogP) is 15.1. The Kier molecular flexibility index (Phi) is 7.20. The fourth-order valence-electron chi connectivity index (χ4n) is 9.21. The summed E-state index contributed by atoms with van der Waals surface area (Å²) in [7, 11) is 0. The number of hydrogen-bond donors (Lipinski definition) is 0. The normalized spacial score (nSPS) is 13.0. The first-order valence-corrected chi connectivity index (χ1v) is 19.4. The zero-order valence-corrected chi connectivity index (χ0v) is 31.3. The summed E-state index contributed by atoms with van der Waals surface area (Å²) in [6, 6.07) is 70.0. The van der Waals surface area contributed by atoms with Crippen molar-refractivity contribution in [3.63, 3.8) is 0 Å². The Bertz CT molecular complexity index is 3070. The molecule has 0 unspecified atom stereocenters. The van der Waals surface area contributed by atoms with Crippen molar-refractivity contribution in [3.05, 3.63) is 205 Å². The van der Waals surface area contributed by atoms with Crippen LogP contribution in [0.25, 0.3) is 54.6 Å². The molecule has 0 aliphatic heterocycles. The summed E-state index contributed by atoms with van der Waals surface area (Å²) in [5.41, 5.74) is 13.1. The van der Waals surface area contributed by atoms with E-state index in [0.29, 0.717) is 0 Å². The van der Waals surface area contributed by atoms with Crippen molar-refractivity contribution in [3.8, 4) is 11.1 Å². The minimum atomic E-state index is -0.283. The third-order valence-corrected chi connectivity index (χ3v) is 11.7. The van der Waals surface area contributed by atoms with Gasteiger partial charge in [0.2, 0.25) is 0 Å². The van der Waals surface area contributed by atoms with Crippen LogP contribution in [0.1, 0.15) is 25.0 Å². The fourth-order valence-corrected chi connectivity index (χ4v) is 9.21. The van der Waals surface area contributed by atoms with Crippen molar-refractivity contribution in [1.29, 1.82) is 0 Å². The van der Waals surface area contributed by atoms with Gasteiger partial charge in [-0.05, 0) is 117 Å². The highest BCUT2D eigenvalue weighted by Gasteiger charge is 2.39. The lowest BCUT2D eigenvalue weighted by Gasteiger charge is -2.33. The second kappa shape index (κ2) is 12.5. The smallest absolute Gasteiger partial charge is 0.159 e. The van der Waals surface area contributed by atoms with Gasteiger partial charge < -0.3 is 14.2 Å². The number of fused-ring (bicyclic) bond motifs is 9. The predicted molar refractivity (Wildman–Crippen MR) is 236 cm³/mol. The molecule has 0 amide bonds. The van der Waals surface area contributed by atoms with E-state index in [1.54, 1.807) is 0 Å². The number of rotatable bonds is 6. The molecule has 1 aliphatic carbocycles.